The number of sulfonamides is 1. The van der Waals surface area contributed by atoms with Crippen molar-refractivity contribution in [1.29, 1.82) is 0 Å². The molecule has 3 aliphatic rings. The monoisotopic (exact) mass is 518 g/mol. The van der Waals surface area contributed by atoms with E-state index in [0.717, 1.165) is 63.2 Å². The summed E-state index contributed by atoms with van der Waals surface area (Å²) in [4.78, 5) is 6.88. The molecule has 7 nitrogen and oxygen atoms in total. The molecule has 0 aliphatic carbocycles. The molecule has 1 spiro atoms. The second-order valence-corrected chi connectivity index (χ2v) is 10.4. The third-order valence-corrected chi connectivity index (χ3v) is 8.02. The van der Waals surface area contributed by atoms with E-state index >= 15 is 0 Å². The maximum absolute atomic E-state index is 12.4. The molecule has 3 heterocycles. The molecule has 1 atom stereocenters. The first-order valence-electron chi connectivity index (χ1n) is 9.21. The first-order chi connectivity index (χ1) is 12.0. The van der Waals surface area contributed by atoms with Gasteiger partial charge in [-0.2, -0.15) is 11.8 Å². The molecule has 3 fully saturated rings. The summed E-state index contributed by atoms with van der Waals surface area (Å²) >= 11 is 1.82. The van der Waals surface area contributed by atoms with E-state index in [9.17, 15) is 8.42 Å². The van der Waals surface area contributed by atoms with Crippen LogP contribution in [-0.4, -0.2) is 93.3 Å². The van der Waals surface area contributed by atoms with Gasteiger partial charge in [-0.1, -0.05) is 0 Å². The molecule has 3 saturated heterocycles. The van der Waals surface area contributed by atoms with E-state index in [0.29, 0.717) is 19.6 Å². The summed E-state index contributed by atoms with van der Waals surface area (Å²) in [5.41, 5.74) is 0.272. The first-order valence-corrected chi connectivity index (χ1v) is 12.0. The smallest absolute Gasteiger partial charge is 0.215 e. The van der Waals surface area contributed by atoms with Crippen LogP contribution < -0.4 is 5.32 Å². The molecule has 0 amide bonds. The van der Waals surface area contributed by atoms with Gasteiger partial charge in [-0.15, -0.1) is 24.0 Å². The van der Waals surface area contributed by atoms with Crippen molar-refractivity contribution in [2.24, 2.45) is 10.4 Å². The summed E-state index contributed by atoms with van der Waals surface area (Å²) < 4.78 is 32.1. The van der Waals surface area contributed by atoms with Crippen LogP contribution in [0.3, 0.4) is 0 Å². The van der Waals surface area contributed by atoms with E-state index in [4.69, 9.17) is 4.74 Å². The Balaban J connectivity index is 0.00000243. The van der Waals surface area contributed by atoms with Gasteiger partial charge in [-0.05, 0) is 19.8 Å². The Bertz CT molecular complexity index is 576. The zero-order valence-corrected chi connectivity index (χ0v) is 19.4. The molecule has 10 heteroatoms. The van der Waals surface area contributed by atoms with Gasteiger partial charge in [0.15, 0.2) is 5.96 Å². The highest BCUT2D eigenvalue weighted by molar-refractivity contribution is 14.0. The van der Waals surface area contributed by atoms with Crippen LogP contribution in [0.15, 0.2) is 4.99 Å². The number of hydrogen-bond donors (Lipinski definition) is 1. The number of nitrogens with zero attached hydrogens (tertiary/aromatic N) is 3. The predicted octanol–water partition coefficient (Wildman–Crippen LogP) is 1.06. The average Bonchev–Trinajstić information content (AvgIpc) is 3.25. The highest BCUT2D eigenvalue weighted by Gasteiger charge is 2.42. The maximum atomic E-state index is 12.4. The second-order valence-electron chi connectivity index (χ2n) is 7.04. The fourth-order valence-corrected chi connectivity index (χ4v) is 6.19. The third kappa shape index (κ3) is 5.62. The minimum Gasteiger partial charge on any atom is -0.381 e. The van der Waals surface area contributed by atoms with Gasteiger partial charge >= 0.3 is 0 Å². The summed E-state index contributed by atoms with van der Waals surface area (Å²) in [6.45, 7) is 8.01. The molecular weight excluding hydrogens is 487 g/mol. The molecular formula is C16H31IN4O3S2. The van der Waals surface area contributed by atoms with E-state index in [-0.39, 0.29) is 35.1 Å². The summed E-state index contributed by atoms with van der Waals surface area (Å²) in [6, 6.07) is 0. The second kappa shape index (κ2) is 10.1. The number of guanidine groups is 1. The fourth-order valence-electron chi connectivity index (χ4n) is 3.73. The number of halogens is 1. The number of likely N-dealkylation sites (tertiary alicyclic amines) is 1. The summed E-state index contributed by atoms with van der Waals surface area (Å²) in [5, 5.41) is 3.32. The molecule has 0 aromatic carbocycles. The van der Waals surface area contributed by atoms with Gasteiger partial charge in [-0.25, -0.2) is 12.7 Å². The molecule has 0 aromatic heterocycles. The zero-order valence-electron chi connectivity index (χ0n) is 15.5. The summed E-state index contributed by atoms with van der Waals surface area (Å²) in [6.07, 6.45) is 2.24. The van der Waals surface area contributed by atoms with Gasteiger partial charge in [0.25, 0.3) is 0 Å². The van der Waals surface area contributed by atoms with Gasteiger partial charge in [0.05, 0.1) is 18.9 Å². The van der Waals surface area contributed by atoms with Crippen LogP contribution in [0.2, 0.25) is 0 Å². The van der Waals surface area contributed by atoms with Gasteiger partial charge in [0.1, 0.15) is 0 Å². The Morgan fingerprint density at radius 1 is 1.27 bits per heavy atom. The van der Waals surface area contributed by atoms with Crippen LogP contribution in [0.1, 0.15) is 19.8 Å². The van der Waals surface area contributed by atoms with Gasteiger partial charge < -0.3 is 15.0 Å². The SMILES string of the molecule is CCNC(=NCCS(=O)(=O)N1CCSCC1)N1CCC2(CCOC2)C1.I. The highest BCUT2D eigenvalue weighted by Crippen LogP contribution is 2.38. The van der Waals surface area contributed by atoms with Gasteiger partial charge in [0, 0.05) is 56.3 Å². The van der Waals surface area contributed by atoms with Crippen molar-refractivity contribution < 1.29 is 13.2 Å². The number of thioether (sulfide) groups is 1. The maximum Gasteiger partial charge on any atom is 0.215 e. The van der Waals surface area contributed by atoms with Crippen LogP contribution in [0.25, 0.3) is 0 Å². The Hall–Kier alpha value is 0.220. The van der Waals surface area contributed by atoms with Crippen LogP contribution in [0.5, 0.6) is 0 Å². The van der Waals surface area contributed by atoms with E-state index in [2.05, 4.69) is 15.2 Å². The standard InChI is InChI=1S/C16H30N4O3S2.HI/c1-2-17-15(19-6-3-16(13-19)4-9-23-14-16)18-5-12-25(21,22)20-7-10-24-11-8-20;/h2-14H2,1H3,(H,17,18);1H. The third-order valence-electron chi connectivity index (χ3n) is 5.23. The molecule has 26 heavy (non-hydrogen) atoms. The van der Waals surface area contributed by atoms with Gasteiger partial charge in [-0.3, -0.25) is 4.99 Å². The molecule has 0 saturated carbocycles. The molecule has 1 unspecified atom stereocenters. The Morgan fingerprint density at radius 3 is 2.69 bits per heavy atom. The first kappa shape index (κ1) is 22.5. The molecule has 3 aliphatic heterocycles. The zero-order chi connectivity index (χ0) is 17.8. The largest absolute Gasteiger partial charge is 0.381 e. The number of nitrogens with one attached hydrogen (secondary N) is 1. The normalized spacial score (nSPS) is 27.7. The average molecular weight is 518 g/mol. The highest BCUT2D eigenvalue weighted by atomic mass is 127. The van der Waals surface area contributed by atoms with Crippen molar-refractivity contribution in [3.63, 3.8) is 0 Å². The number of ether oxygens (including phenoxy) is 1. The van der Waals surface area contributed by atoms with Crippen molar-refractivity contribution in [2.45, 2.75) is 19.8 Å². The predicted molar refractivity (Wildman–Crippen MR) is 118 cm³/mol. The van der Waals surface area contributed by atoms with Gasteiger partial charge in [0.2, 0.25) is 10.0 Å². The van der Waals surface area contributed by atoms with Crippen LogP contribution in [-0.2, 0) is 14.8 Å². The van der Waals surface area contributed by atoms with Crippen molar-refractivity contribution in [1.82, 2.24) is 14.5 Å². The Morgan fingerprint density at radius 2 is 2.04 bits per heavy atom. The number of aliphatic imine (C=N–C) groups is 1. The lowest BCUT2D eigenvalue weighted by Gasteiger charge is -2.26. The molecule has 0 bridgehead atoms. The fraction of sp³-hybridized carbons (Fsp3) is 0.938. The summed E-state index contributed by atoms with van der Waals surface area (Å²) in [7, 11) is -3.19. The van der Waals surface area contributed by atoms with Crippen molar-refractivity contribution in [3.8, 4) is 0 Å². The lowest BCUT2D eigenvalue weighted by atomic mass is 9.87. The van der Waals surface area contributed by atoms with E-state index < -0.39 is 10.0 Å². The molecule has 0 radical (unpaired) electrons. The molecule has 0 aromatic rings. The van der Waals surface area contributed by atoms with E-state index in [1.54, 1.807) is 4.31 Å². The molecule has 152 valence electrons. The summed E-state index contributed by atoms with van der Waals surface area (Å²) in [5.74, 6) is 2.72. The topological polar surface area (TPSA) is 74.2 Å². The van der Waals surface area contributed by atoms with E-state index in [1.807, 2.05) is 18.7 Å². The van der Waals surface area contributed by atoms with Crippen LogP contribution in [0.4, 0.5) is 0 Å². The van der Waals surface area contributed by atoms with Crippen molar-refractivity contribution >= 4 is 51.7 Å². The number of rotatable bonds is 5. The lowest BCUT2D eigenvalue weighted by Crippen LogP contribution is -2.42. The Kier molecular flexibility index (Phi) is 8.77. The quantitative estimate of drug-likeness (QED) is 0.334. The lowest BCUT2D eigenvalue weighted by molar-refractivity contribution is 0.156. The van der Waals surface area contributed by atoms with Crippen LogP contribution in [0, 0.1) is 5.41 Å². The minimum atomic E-state index is -3.19. The van der Waals surface area contributed by atoms with Crippen molar-refractivity contribution in [3.05, 3.63) is 0 Å². The molecule has 1 N–H and O–H groups in total. The minimum absolute atomic E-state index is 0. The Labute approximate surface area is 178 Å². The van der Waals surface area contributed by atoms with Crippen LogP contribution >= 0.6 is 35.7 Å². The van der Waals surface area contributed by atoms with E-state index in [1.165, 1.54) is 0 Å². The molecule has 3 rings (SSSR count). The van der Waals surface area contributed by atoms with Crippen molar-refractivity contribution in [2.75, 3.05) is 69.7 Å². The number of hydrogen-bond acceptors (Lipinski definition) is 5.